The van der Waals surface area contributed by atoms with Crippen molar-refractivity contribution in [2.45, 2.75) is 24.7 Å². The topological polar surface area (TPSA) is 29.3 Å². The van der Waals surface area contributed by atoms with Gasteiger partial charge >= 0.3 is 0 Å². The van der Waals surface area contributed by atoms with E-state index in [1.165, 1.54) is 10.5 Å². The molecule has 2 nitrogen and oxygen atoms in total. The predicted octanol–water partition coefficient (Wildman–Crippen LogP) is 2.62. The predicted molar refractivity (Wildman–Crippen MR) is 77.7 cm³/mol. The molecule has 1 rings (SSSR count). The molecule has 0 unspecified atom stereocenters. The molecule has 3 heteroatoms. The van der Waals surface area contributed by atoms with Crippen LogP contribution in [0.4, 0.5) is 0 Å². The number of nitrogens with zero attached hydrogens (tertiary/aromatic N) is 1. The molecule has 1 aromatic rings. The third-order valence-electron chi connectivity index (χ3n) is 2.76. The highest BCUT2D eigenvalue weighted by Gasteiger charge is 1.99. The second-order valence-corrected chi connectivity index (χ2v) is 5.61. The minimum Gasteiger partial charge on any atom is -0.330 e. The van der Waals surface area contributed by atoms with Crippen LogP contribution in [0.15, 0.2) is 29.2 Å². The summed E-state index contributed by atoms with van der Waals surface area (Å²) in [7, 11) is 2.16. The summed E-state index contributed by atoms with van der Waals surface area (Å²) >= 11 is 1.90. The molecule has 2 N–H and O–H groups in total. The number of nitrogens with two attached hydrogens (primary N) is 1. The van der Waals surface area contributed by atoms with Crippen LogP contribution in [0, 0.1) is 0 Å². The summed E-state index contributed by atoms with van der Waals surface area (Å²) in [4.78, 5) is 3.72. The van der Waals surface area contributed by atoms with E-state index in [0.717, 1.165) is 38.2 Å². The Balaban J connectivity index is 2.31. The third-order valence-corrected chi connectivity index (χ3v) is 3.65. The van der Waals surface area contributed by atoms with Gasteiger partial charge in [0.05, 0.1) is 0 Å². The van der Waals surface area contributed by atoms with Crippen LogP contribution in [0.1, 0.15) is 18.9 Å². The van der Waals surface area contributed by atoms with Crippen LogP contribution in [0.5, 0.6) is 0 Å². The van der Waals surface area contributed by atoms with Crippen LogP contribution < -0.4 is 5.73 Å². The standard InChI is InChI=1S/C14H24N2S/c1-3-17-14-7-5-13(6-8-14)9-12-16(2)11-4-10-15/h5-8H,3-4,9-12,15H2,1-2H3. The fraction of sp³-hybridized carbons (Fsp3) is 0.571. The van der Waals surface area contributed by atoms with Gasteiger partial charge in [0.25, 0.3) is 0 Å². The van der Waals surface area contributed by atoms with Crippen LogP contribution in [-0.4, -0.2) is 37.3 Å². The van der Waals surface area contributed by atoms with Gasteiger partial charge in [-0.3, -0.25) is 0 Å². The molecule has 1 aromatic carbocycles. The first-order valence-corrected chi connectivity index (χ1v) is 7.35. The lowest BCUT2D eigenvalue weighted by Crippen LogP contribution is -2.24. The minimum atomic E-state index is 0.785. The lowest BCUT2D eigenvalue weighted by atomic mass is 10.1. The molecule has 0 aliphatic heterocycles. The van der Waals surface area contributed by atoms with Gasteiger partial charge in [0.2, 0.25) is 0 Å². The summed E-state index contributed by atoms with van der Waals surface area (Å²) in [5.41, 5.74) is 6.92. The molecule has 0 spiro atoms. The summed E-state index contributed by atoms with van der Waals surface area (Å²) in [6.07, 6.45) is 2.21. The maximum absolute atomic E-state index is 5.50. The van der Waals surface area contributed by atoms with Crippen molar-refractivity contribution in [3.05, 3.63) is 29.8 Å². The number of likely N-dealkylation sites (N-methyl/N-ethyl adjacent to an activating group) is 1. The van der Waals surface area contributed by atoms with E-state index in [2.05, 4.69) is 43.1 Å². The lowest BCUT2D eigenvalue weighted by Gasteiger charge is -2.15. The Labute approximate surface area is 110 Å². The van der Waals surface area contributed by atoms with Crippen molar-refractivity contribution in [3.8, 4) is 0 Å². The largest absolute Gasteiger partial charge is 0.330 e. The molecule has 0 atom stereocenters. The molecule has 0 fully saturated rings. The van der Waals surface area contributed by atoms with E-state index in [1.54, 1.807) is 0 Å². The average Bonchev–Trinajstić information content (AvgIpc) is 2.36. The highest BCUT2D eigenvalue weighted by atomic mass is 32.2. The zero-order valence-electron chi connectivity index (χ0n) is 11.0. The van der Waals surface area contributed by atoms with Crippen molar-refractivity contribution in [1.29, 1.82) is 0 Å². The molecule has 0 aliphatic rings. The van der Waals surface area contributed by atoms with Crippen molar-refractivity contribution in [3.63, 3.8) is 0 Å². The van der Waals surface area contributed by atoms with E-state index >= 15 is 0 Å². The van der Waals surface area contributed by atoms with Gasteiger partial charge in [-0.2, -0.15) is 0 Å². The van der Waals surface area contributed by atoms with Gasteiger partial charge < -0.3 is 10.6 Å². The van der Waals surface area contributed by atoms with E-state index < -0.39 is 0 Å². The molecular weight excluding hydrogens is 228 g/mol. The number of benzene rings is 1. The van der Waals surface area contributed by atoms with Crippen molar-refractivity contribution in [2.75, 3.05) is 32.4 Å². The van der Waals surface area contributed by atoms with E-state index in [9.17, 15) is 0 Å². The lowest BCUT2D eigenvalue weighted by molar-refractivity contribution is 0.335. The maximum atomic E-state index is 5.50. The number of hydrogen-bond donors (Lipinski definition) is 1. The first kappa shape index (κ1) is 14.6. The first-order chi connectivity index (χ1) is 8.26. The second-order valence-electron chi connectivity index (χ2n) is 4.27. The molecule has 0 aliphatic carbocycles. The normalized spacial score (nSPS) is 11.1. The molecule has 96 valence electrons. The van der Waals surface area contributed by atoms with Gasteiger partial charge in [-0.05, 0) is 56.4 Å². The highest BCUT2D eigenvalue weighted by Crippen LogP contribution is 2.17. The molecular formula is C14H24N2S. The first-order valence-electron chi connectivity index (χ1n) is 6.36. The Morgan fingerprint density at radius 2 is 1.88 bits per heavy atom. The Kier molecular flexibility index (Phi) is 7.33. The van der Waals surface area contributed by atoms with Crippen molar-refractivity contribution in [2.24, 2.45) is 5.73 Å². The fourth-order valence-corrected chi connectivity index (χ4v) is 2.37. The van der Waals surface area contributed by atoms with E-state index in [-0.39, 0.29) is 0 Å². The molecule has 0 heterocycles. The molecule has 0 amide bonds. The van der Waals surface area contributed by atoms with Crippen LogP contribution >= 0.6 is 11.8 Å². The van der Waals surface area contributed by atoms with E-state index in [4.69, 9.17) is 5.73 Å². The van der Waals surface area contributed by atoms with Gasteiger partial charge in [-0.25, -0.2) is 0 Å². The zero-order valence-corrected chi connectivity index (χ0v) is 11.8. The van der Waals surface area contributed by atoms with Gasteiger partial charge in [0, 0.05) is 11.4 Å². The van der Waals surface area contributed by atoms with Crippen LogP contribution in [0.3, 0.4) is 0 Å². The van der Waals surface area contributed by atoms with Gasteiger partial charge in [-0.1, -0.05) is 19.1 Å². The number of hydrogen-bond acceptors (Lipinski definition) is 3. The van der Waals surface area contributed by atoms with Crippen LogP contribution in [0.25, 0.3) is 0 Å². The monoisotopic (exact) mass is 252 g/mol. The van der Waals surface area contributed by atoms with Gasteiger partial charge in [-0.15, -0.1) is 11.8 Å². The molecule has 0 bridgehead atoms. The SMILES string of the molecule is CCSc1ccc(CCN(C)CCCN)cc1. The second kappa shape index (κ2) is 8.56. The Bertz CT molecular complexity index is 298. The van der Waals surface area contributed by atoms with Crippen molar-refractivity contribution in [1.82, 2.24) is 4.90 Å². The summed E-state index contributed by atoms with van der Waals surface area (Å²) in [5, 5.41) is 0. The number of thioether (sulfide) groups is 1. The Morgan fingerprint density at radius 3 is 2.47 bits per heavy atom. The maximum Gasteiger partial charge on any atom is 0.00720 e. The highest BCUT2D eigenvalue weighted by molar-refractivity contribution is 7.99. The summed E-state index contributed by atoms with van der Waals surface area (Å²) < 4.78 is 0. The zero-order chi connectivity index (χ0) is 12.5. The summed E-state index contributed by atoms with van der Waals surface area (Å²) in [6, 6.07) is 8.94. The van der Waals surface area contributed by atoms with E-state index in [0.29, 0.717) is 0 Å². The van der Waals surface area contributed by atoms with Crippen molar-refractivity contribution >= 4 is 11.8 Å². The van der Waals surface area contributed by atoms with Gasteiger partial charge in [0.1, 0.15) is 0 Å². The molecule has 0 saturated carbocycles. The molecule has 17 heavy (non-hydrogen) atoms. The third kappa shape index (κ3) is 6.10. The van der Waals surface area contributed by atoms with Gasteiger partial charge in [0.15, 0.2) is 0 Å². The Hall–Kier alpha value is -0.510. The van der Waals surface area contributed by atoms with E-state index in [1.807, 2.05) is 11.8 Å². The average molecular weight is 252 g/mol. The van der Waals surface area contributed by atoms with Crippen LogP contribution in [-0.2, 0) is 6.42 Å². The van der Waals surface area contributed by atoms with Crippen LogP contribution in [0.2, 0.25) is 0 Å². The summed E-state index contributed by atoms with van der Waals surface area (Å²) in [6.45, 7) is 5.18. The number of rotatable bonds is 8. The van der Waals surface area contributed by atoms with Crippen molar-refractivity contribution < 1.29 is 0 Å². The molecule has 0 aromatic heterocycles. The summed E-state index contributed by atoms with van der Waals surface area (Å²) in [5.74, 6) is 1.14. The Morgan fingerprint density at radius 1 is 1.18 bits per heavy atom. The smallest absolute Gasteiger partial charge is 0.00720 e. The molecule has 0 radical (unpaired) electrons. The molecule has 0 saturated heterocycles. The minimum absolute atomic E-state index is 0.785. The fourth-order valence-electron chi connectivity index (χ4n) is 1.71. The quantitative estimate of drug-likeness (QED) is 0.721.